The van der Waals surface area contributed by atoms with Gasteiger partial charge in [-0.15, -0.1) is 0 Å². The number of hydrogen-bond acceptors (Lipinski definition) is 2. The number of rotatable bonds is 1. The molecule has 2 rings (SSSR count). The van der Waals surface area contributed by atoms with Crippen molar-refractivity contribution < 1.29 is 4.79 Å². The molecule has 1 N–H and O–H groups in total. The molecule has 0 aliphatic carbocycles. The lowest BCUT2D eigenvalue weighted by Gasteiger charge is -2.20. The van der Waals surface area contributed by atoms with Gasteiger partial charge in [0, 0.05) is 12.1 Å². The summed E-state index contributed by atoms with van der Waals surface area (Å²) in [5.74, 6) is 0. The number of nitrogens with one attached hydrogen (secondary N) is 1. The second-order valence-electron chi connectivity index (χ2n) is 3.60. The Morgan fingerprint density at radius 3 is 3.07 bits per heavy atom. The lowest BCUT2D eigenvalue weighted by atomic mass is 9.95. The van der Waals surface area contributed by atoms with Gasteiger partial charge in [-0.3, -0.25) is 4.79 Å². The Kier molecular flexibility index (Phi) is 2.57. The van der Waals surface area contributed by atoms with Gasteiger partial charge in [-0.05, 0) is 36.6 Å². The predicted molar refractivity (Wildman–Crippen MR) is 57.0 cm³/mol. The van der Waals surface area contributed by atoms with Crippen LogP contribution in [0.25, 0.3) is 0 Å². The fraction of sp³-hybridized carbons (Fsp3) is 0.364. The Morgan fingerprint density at radius 2 is 2.36 bits per heavy atom. The lowest BCUT2D eigenvalue weighted by Crippen LogP contribution is -2.24. The maximum Gasteiger partial charge on any atom is 0.151 e. The summed E-state index contributed by atoms with van der Waals surface area (Å²) in [6, 6.07) is 2.05. The molecule has 0 saturated carbocycles. The lowest BCUT2D eigenvalue weighted by molar-refractivity contribution is 0.112. The first-order chi connectivity index (χ1) is 6.74. The van der Waals surface area contributed by atoms with Gasteiger partial charge in [0.05, 0.1) is 5.02 Å². The van der Waals surface area contributed by atoms with Crippen LogP contribution in [-0.4, -0.2) is 12.8 Å². The zero-order valence-electron chi connectivity index (χ0n) is 8.06. The van der Waals surface area contributed by atoms with Crippen LogP contribution < -0.4 is 5.32 Å². The second-order valence-corrected chi connectivity index (χ2v) is 3.98. The number of aldehydes is 1. The fourth-order valence-electron chi connectivity index (χ4n) is 1.91. The summed E-state index contributed by atoms with van der Waals surface area (Å²) in [6.45, 7) is 3.72. The van der Waals surface area contributed by atoms with E-state index >= 15 is 0 Å². The molecule has 1 aliphatic rings. The van der Waals surface area contributed by atoms with Crippen molar-refractivity contribution in [1.82, 2.24) is 5.32 Å². The van der Waals surface area contributed by atoms with E-state index in [1.807, 2.05) is 6.92 Å². The van der Waals surface area contributed by atoms with Crippen LogP contribution in [0.1, 0.15) is 27.0 Å². The molecule has 0 radical (unpaired) electrons. The number of fused-ring (bicyclic) bond motifs is 1. The van der Waals surface area contributed by atoms with Crippen molar-refractivity contribution in [2.45, 2.75) is 19.9 Å². The monoisotopic (exact) mass is 209 g/mol. The Bertz CT molecular complexity index is 387. The third-order valence-electron chi connectivity index (χ3n) is 2.69. The smallest absolute Gasteiger partial charge is 0.151 e. The highest BCUT2D eigenvalue weighted by atomic mass is 35.5. The first-order valence-electron chi connectivity index (χ1n) is 4.70. The van der Waals surface area contributed by atoms with Crippen molar-refractivity contribution >= 4 is 17.9 Å². The van der Waals surface area contributed by atoms with Crippen LogP contribution in [0.4, 0.5) is 0 Å². The second kappa shape index (κ2) is 3.71. The largest absolute Gasteiger partial charge is 0.312 e. The predicted octanol–water partition coefficient (Wildman–Crippen LogP) is 2.11. The van der Waals surface area contributed by atoms with Gasteiger partial charge in [-0.2, -0.15) is 0 Å². The highest BCUT2D eigenvalue weighted by molar-refractivity contribution is 6.34. The van der Waals surface area contributed by atoms with Gasteiger partial charge in [0.15, 0.2) is 6.29 Å². The third kappa shape index (κ3) is 1.45. The zero-order valence-corrected chi connectivity index (χ0v) is 8.82. The summed E-state index contributed by atoms with van der Waals surface area (Å²) in [6.07, 6.45) is 1.76. The van der Waals surface area contributed by atoms with Crippen LogP contribution in [0.5, 0.6) is 0 Å². The Hall–Kier alpha value is -0.860. The molecular weight excluding hydrogens is 198 g/mol. The molecule has 0 fully saturated rings. The van der Waals surface area contributed by atoms with Crippen molar-refractivity contribution in [3.63, 3.8) is 0 Å². The highest BCUT2D eigenvalue weighted by Gasteiger charge is 2.16. The summed E-state index contributed by atoms with van der Waals surface area (Å²) in [5, 5.41) is 3.94. The molecule has 74 valence electrons. The molecule has 0 amide bonds. The number of hydrogen-bond donors (Lipinski definition) is 1. The van der Waals surface area contributed by atoms with E-state index in [4.69, 9.17) is 11.6 Å². The topological polar surface area (TPSA) is 29.1 Å². The maximum absolute atomic E-state index is 10.8. The molecule has 0 unspecified atom stereocenters. The molecule has 3 heteroatoms. The van der Waals surface area contributed by atoms with Gasteiger partial charge in [-0.1, -0.05) is 17.7 Å². The summed E-state index contributed by atoms with van der Waals surface area (Å²) in [4.78, 5) is 10.8. The minimum absolute atomic E-state index is 0.646. The molecule has 0 spiro atoms. The average Bonchev–Trinajstić information content (AvgIpc) is 2.18. The summed E-state index contributed by atoms with van der Waals surface area (Å²) >= 11 is 6.17. The SMILES string of the molecule is Cc1cc2c(c(Cl)c1C=O)CCNC2. The number of carbonyl (C=O) groups excluding carboxylic acids is 1. The molecule has 2 nitrogen and oxygen atoms in total. The molecule has 14 heavy (non-hydrogen) atoms. The standard InChI is InChI=1S/C11H12ClNO/c1-7-4-8-5-13-3-2-9(8)11(12)10(7)6-14/h4,6,13H,2-3,5H2,1H3. The van der Waals surface area contributed by atoms with Crippen LogP contribution in [0.3, 0.4) is 0 Å². The Labute approximate surface area is 88.3 Å². The van der Waals surface area contributed by atoms with Crippen molar-refractivity contribution in [1.29, 1.82) is 0 Å². The highest BCUT2D eigenvalue weighted by Crippen LogP contribution is 2.28. The Morgan fingerprint density at radius 1 is 1.57 bits per heavy atom. The van der Waals surface area contributed by atoms with Gasteiger partial charge in [-0.25, -0.2) is 0 Å². The van der Waals surface area contributed by atoms with Gasteiger partial charge >= 0.3 is 0 Å². The van der Waals surface area contributed by atoms with Gasteiger partial charge in [0.2, 0.25) is 0 Å². The van der Waals surface area contributed by atoms with Crippen LogP contribution in [0.2, 0.25) is 5.02 Å². The minimum atomic E-state index is 0.646. The van der Waals surface area contributed by atoms with E-state index in [0.29, 0.717) is 10.6 Å². The quantitative estimate of drug-likeness (QED) is 0.718. The molecule has 0 aromatic heterocycles. The zero-order chi connectivity index (χ0) is 10.1. The first kappa shape index (κ1) is 9.69. The van der Waals surface area contributed by atoms with E-state index in [0.717, 1.165) is 36.9 Å². The molecule has 0 bridgehead atoms. The van der Waals surface area contributed by atoms with E-state index in [-0.39, 0.29) is 0 Å². The summed E-state index contributed by atoms with van der Waals surface area (Å²) < 4.78 is 0. The summed E-state index contributed by atoms with van der Waals surface area (Å²) in [7, 11) is 0. The molecule has 1 aliphatic heterocycles. The average molecular weight is 210 g/mol. The molecule has 1 heterocycles. The Balaban J connectivity index is 2.63. The van der Waals surface area contributed by atoms with Gasteiger partial charge in [0.1, 0.15) is 0 Å². The van der Waals surface area contributed by atoms with Crippen LogP contribution in [0.15, 0.2) is 6.07 Å². The molecule has 1 aromatic rings. The molecule has 0 atom stereocenters. The van der Waals surface area contributed by atoms with Crippen molar-refractivity contribution in [2.75, 3.05) is 6.54 Å². The fourth-order valence-corrected chi connectivity index (χ4v) is 2.32. The number of halogens is 1. The van der Waals surface area contributed by atoms with E-state index < -0.39 is 0 Å². The molecule has 1 aromatic carbocycles. The summed E-state index contributed by atoms with van der Waals surface area (Å²) in [5.41, 5.74) is 3.97. The molecular formula is C11H12ClNO. The van der Waals surface area contributed by atoms with Crippen LogP contribution in [0, 0.1) is 6.92 Å². The van der Waals surface area contributed by atoms with Crippen molar-refractivity contribution in [2.24, 2.45) is 0 Å². The maximum atomic E-state index is 10.8. The first-order valence-corrected chi connectivity index (χ1v) is 5.08. The van der Waals surface area contributed by atoms with E-state index in [9.17, 15) is 4.79 Å². The van der Waals surface area contributed by atoms with E-state index in [1.165, 1.54) is 5.56 Å². The van der Waals surface area contributed by atoms with Gasteiger partial charge in [0.25, 0.3) is 0 Å². The van der Waals surface area contributed by atoms with Gasteiger partial charge < -0.3 is 5.32 Å². The number of benzene rings is 1. The van der Waals surface area contributed by atoms with E-state index in [2.05, 4.69) is 11.4 Å². The minimum Gasteiger partial charge on any atom is -0.312 e. The molecule has 0 saturated heterocycles. The van der Waals surface area contributed by atoms with Crippen molar-refractivity contribution in [3.05, 3.63) is 33.3 Å². The van der Waals surface area contributed by atoms with Crippen LogP contribution in [-0.2, 0) is 13.0 Å². The van der Waals surface area contributed by atoms with E-state index in [1.54, 1.807) is 0 Å². The number of carbonyl (C=O) groups is 1. The van der Waals surface area contributed by atoms with Crippen LogP contribution >= 0.6 is 11.6 Å². The number of aryl methyl sites for hydroxylation is 1. The van der Waals surface area contributed by atoms with Crippen molar-refractivity contribution in [3.8, 4) is 0 Å². The third-order valence-corrected chi connectivity index (χ3v) is 3.12. The normalized spacial score (nSPS) is 15.0.